The van der Waals surface area contributed by atoms with Gasteiger partial charge in [0.1, 0.15) is 0 Å². The molecule has 0 aromatic heterocycles. The van der Waals surface area contributed by atoms with E-state index in [2.05, 4.69) is 31.9 Å². The Morgan fingerprint density at radius 2 is 1.80 bits per heavy atom. The highest BCUT2D eigenvalue weighted by atomic mass is 79.9. The molecule has 0 spiro atoms. The second kappa shape index (κ2) is 7.40. The molecule has 0 saturated heterocycles. The molecular weight excluding hydrogens is 322 g/mol. The Morgan fingerprint density at radius 1 is 1.15 bits per heavy atom. The van der Waals surface area contributed by atoms with E-state index in [1.54, 1.807) is 6.07 Å². The van der Waals surface area contributed by atoms with Crippen molar-refractivity contribution in [2.24, 2.45) is 0 Å². The molecule has 2 amide bonds. The Bertz CT molecular complexity index is 484. The van der Waals surface area contributed by atoms with Gasteiger partial charge in [-0.1, -0.05) is 22.0 Å². The first-order valence-corrected chi connectivity index (χ1v) is 7.13. The Hall–Kier alpha value is -1.40. The molecule has 20 heavy (non-hydrogen) atoms. The van der Waals surface area contributed by atoms with E-state index in [1.807, 2.05) is 39.0 Å². The van der Waals surface area contributed by atoms with Gasteiger partial charge in [-0.25, -0.2) is 0 Å². The van der Waals surface area contributed by atoms with Crippen LogP contribution in [-0.2, 0) is 9.59 Å². The third-order valence-corrected chi connectivity index (χ3v) is 2.69. The summed E-state index contributed by atoms with van der Waals surface area (Å²) in [7, 11) is 0. The molecule has 0 saturated carbocycles. The van der Waals surface area contributed by atoms with E-state index in [9.17, 15) is 9.59 Å². The number of carbonyl (C=O) groups excluding carboxylic acids is 2. The van der Waals surface area contributed by atoms with Gasteiger partial charge in [-0.2, -0.15) is 0 Å². The zero-order valence-corrected chi connectivity index (χ0v) is 13.5. The van der Waals surface area contributed by atoms with E-state index in [0.717, 1.165) is 4.47 Å². The van der Waals surface area contributed by atoms with E-state index in [0.29, 0.717) is 5.69 Å². The topological polar surface area (TPSA) is 70.2 Å². The lowest BCUT2D eigenvalue weighted by Gasteiger charge is -2.20. The largest absolute Gasteiger partial charge is 0.350 e. The summed E-state index contributed by atoms with van der Waals surface area (Å²) in [6.07, 6.45) is 0. The first-order chi connectivity index (χ1) is 9.26. The fourth-order valence-electron chi connectivity index (χ4n) is 1.52. The van der Waals surface area contributed by atoms with Gasteiger partial charge in [0.2, 0.25) is 11.8 Å². The predicted octanol–water partition coefficient (Wildman–Crippen LogP) is 1.89. The van der Waals surface area contributed by atoms with E-state index in [4.69, 9.17) is 0 Å². The number of benzene rings is 1. The lowest BCUT2D eigenvalue weighted by Crippen LogP contribution is -2.45. The molecule has 0 unspecified atom stereocenters. The zero-order chi connectivity index (χ0) is 15.2. The van der Waals surface area contributed by atoms with Crippen LogP contribution in [0.4, 0.5) is 5.69 Å². The van der Waals surface area contributed by atoms with Crippen LogP contribution in [0.25, 0.3) is 0 Å². The van der Waals surface area contributed by atoms with Crippen molar-refractivity contribution in [1.29, 1.82) is 0 Å². The predicted molar refractivity (Wildman–Crippen MR) is 83.5 cm³/mol. The molecule has 1 aromatic carbocycles. The van der Waals surface area contributed by atoms with Crippen molar-refractivity contribution in [3.05, 3.63) is 28.7 Å². The molecule has 0 aliphatic rings. The minimum Gasteiger partial charge on any atom is -0.350 e. The standard InChI is InChI=1S/C14H20BrN3O2/c1-14(2,3)18-13(20)9-16-8-12(19)17-11-6-4-5-10(15)7-11/h4-7,16H,8-9H2,1-3H3,(H,17,19)(H,18,20). The van der Waals surface area contributed by atoms with E-state index < -0.39 is 0 Å². The van der Waals surface area contributed by atoms with Gasteiger partial charge >= 0.3 is 0 Å². The van der Waals surface area contributed by atoms with Crippen molar-refractivity contribution in [3.8, 4) is 0 Å². The second-order valence-corrected chi connectivity index (χ2v) is 6.38. The van der Waals surface area contributed by atoms with E-state index >= 15 is 0 Å². The van der Waals surface area contributed by atoms with Crippen LogP contribution in [-0.4, -0.2) is 30.4 Å². The smallest absolute Gasteiger partial charge is 0.238 e. The Kier molecular flexibility index (Phi) is 6.16. The van der Waals surface area contributed by atoms with Gasteiger partial charge in [-0.15, -0.1) is 0 Å². The summed E-state index contributed by atoms with van der Waals surface area (Å²) >= 11 is 3.33. The number of amides is 2. The van der Waals surface area contributed by atoms with Gasteiger partial charge in [0.25, 0.3) is 0 Å². The fraction of sp³-hybridized carbons (Fsp3) is 0.429. The third kappa shape index (κ3) is 7.25. The highest BCUT2D eigenvalue weighted by Gasteiger charge is 2.13. The molecule has 0 radical (unpaired) electrons. The number of hydrogen-bond acceptors (Lipinski definition) is 3. The summed E-state index contributed by atoms with van der Waals surface area (Å²) in [4.78, 5) is 23.2. The minimum absolute atomic E-state index is 0.0874. The quantitative estimate of drug-likeness (QED) is 0.765. The minimum atomic E-state index is -0.267. The Labute approximate surface area is 127 Å². The SMILES string of the molecule is CC(C)(C)NC(=O)CNCC(=O)Nc1cccc(Br)c1. The van der Waals surface area contributed by atoms with Crippen molar-refractivity contribution in [3.63, 3.8) is 0 Å². The van der Waals surface area contributed by atoms with Crippen molar-refractivity contribution in [1.82, 2.24) is 10.6 Å². The second-order valence-electron chi connectivity index (χ2n) is 5.46. The molecule has 0 atom stereocenters. The van der Waals surface area contributed by atoms with Crippen LogP contribution in [0.2, 0.25) is 0 Å². The van der Waals surface area contributed by atoms with E-state index in [-0.39, 0.29) is 30.4 Å². The summed E-state index contributed by atoms with van der Waals surface area (Å²) in [5.74, 6) is -0.320. The van der Waals surface area contributed by atoms with Crippen molar-refractivity contribution in [2.45, 2.75) is 26.3 Å². The monoisotopic (exact) mass is 341 g/mol. The zero-order valence-electron chi connectivity index (χ0n) is 11.9. The van der Waals surface area contributed by atoms with Crippen LogP contribution >= 0.6 is 15.9 Å². The molecule has 0 aliphatic carbocycles. The first-order valence-electron chi connectivity index (χ1n) is 6.33. The lowest BCUT2D eigenvalue weighted by molar-refractivity contribution is -0.121. The maximum atomic E-state index is 11.7. The van der Waals surface area contributed by atoms with Crippen LogP contribution in [0.5, 0.6) is 0 Å². The number of rotatable bonds is 5. The number of nitrogens with one attached hydrogen (secondary N) is 3. The van der Waals surface area contributed by atoms with Crippen LogP contribution in [0.1, 0.15) is 20.8 Å². The molecule has 1 aromatic rings. The molecule has 0 aliphatic heterocycles. The van der Waals surface area contributed by atoms with Crippen molar-refractivity contribution in [2.75, 3.05) is 18.4 Å². The Balaban J connectivity index is 2.29. The molecule has 1 rings (SSSR count). The van der Waals surface area contributed by atoms with Gasteiger partial charge in [0.05, 0.1) is 13.1 Å². The molecule has 6 heteroatoms. The van der Waals surface area contributed by atoms with Crippen molar-refractivity contribution >= 4 is 33.4 Å². The maximum absolute atomic E-state index is 11.7. The first kappa shape index (κ1) is 16.7. The molecular formula is C14H20BrN3O2. The van der Waals surface area contributed by atoms with Crippen molar-refractivity contribution < 1.29 is 9.59 Å². The van der Waals surface area contributed by atoms with Gasteiger partial charge < -0.3 is 10.6 Å². The van der Waals surface area contributed by atoms with Gasteiger partial charge in [0, 0.05) is 15.7 Å². The van der Waals surface area contributed by atoms with Crippen LogP contribution < -0.4 is 16.0 Å². The van der Waals surface area contributed by atoms with Crippen LogP contribution in [0, 0.1) is 0 Å². The molecule has 3 N–H and O–H groups in total. The number of hydrogen-bond donors (Lipinski definition) is 3. The highest BCUT2D eigenvalue weighted by molar-refractivity contribution is 9.10. The maximum Gasteiger partial charge on any atom is 0.238 e. The molecule has 0 bridgehead atoms. The van der Waals surface area contributed by atoms with Gasteiger partial charge in [-0.3, -0.25) is 14.9 Å². The molecule has 0 heterocycles. The number of carbonyl (C=O) groups is 2. The summed E-state index contributed by atoms with van der Waals surface area (Å²) in [6, 6.07) is 7.33. The summed E-state index contributed by atoms with van der Waals surface area (Å²) < 4.78 is 0.896. The Morgan fingerprint density at radius 3 is 2.40 bits per heavy atom. The normalized spacial score (nSPS) is 11.0. The average Bonchev–Trinajstić information content (AvgIpc) is 2.26. The third-order valence-electron chi connectivity index (χ3n) is 2.19. The highest BCUT2D eigenvalue weighted by Crippen LogP contribution is 2.15. The average molecular weight is 342 g/mol. The summed E-state index contributed by atoms with van der Waals surface area (Å²) in [5, 5.41) is 8.36. The van der Waals surface area contributed by atoms with Crippen LogP contribution in [0.3, 0.4) is 0 Å². The van der Waals surface area contributed by atoms with Gasteiger partial charge in [-0.05, 0) is 39.0 Å². The molecule has 5 nitrogen and oxygen atoms in total. The summed E-state index contributed by atoms with van der Waals surface area (Å²) in [5.41, 5.74) is 0.447. The summed E-state index contributed by atoms with van der Waals surface area (Å²) in [6.45, 7) is 5.92. The molecule has 0 fully saturated rings. The van der Waals surface area contributed by atoms with Gasteiger partial charge in [0.15, 0.2) is 0 Å². The fourth-order valence-corrected chi connectivity index (χ4v) is 1.92. The lowest BCUT2D eigenvalue weighted by atomic mass is 10.1. The number of anilines is 1. The van der Waals surface area contributed by atoms with E-state index in [1.165, 1.54) is 0 Å². The van der Waals surface area contributed by atoms with Crippen LogP contribution in [0.15, 0.2) is 28.7 Å². The number of halogens is 1. The molecule has 110 valence electrons.